The number of nitrogens with zero attached hydrogens (tertiary/aromatic N) is 1. The van der Waals surface area contributed by atoms with Crippen molar-refractivity contribution < 1.29 is 4.79 Å². The predicted molar refractivity (Wildman–Crippen MR) is 85.6 cm³/mol. The van der Waals surface area contributed by atoms with Crippen LogP contribution in [-0.2, 0) is 6.54 Å². The van der Waals surface area contributed by atoms with Gasteiger partial charge in [0.2, 0.25) is 0 Å². The standard InChI is InChI=1S/C16H17NOS2/c1-11-4-7-13(19)9-15(11)16(18)17(12-5-6-12)10-14-3-2-8-20-14/h2-4,7-9,12,19H,5-6,10H2,1H3. The molecule has 20 heavy (non-hydrogen) atoms. The molecule has 1 heterocycles. The number of hydrogen-bond donors (Lipinski definition) is 1. The third-order valence-corrected chi connectivity index (χ3v) is 4.75. The van der Waals surface area contributed by atoms with Crippen LogP contribution in [0.15, 0.2) is 40.6 Å². The fourth-order valence-corrected chi connectivity index (χ4v) is 3.22. The van der Waals surface area contributed by atoms with Crippen LogP contribution in [0, 0.1) is 6.92 Å². The van der Waals surface area contributed by atoms with Crippen LogP contribution in [0.2, 0.25) is 0 Å². The second kappa shape index (κ2) is 5.62. The maximum atomic E-state index is 12.8. The van der Waals surface area contributed by atoms with E-state index in [0.717, 1.165) is 35.4 Å². The van der Waals surface area contributed by atoms with Gasteiger partial charge in [-0.15, -0.1) is 24.0 Å². The lowest BCUT2D eigenvalue weighted by atomic mass is 10.1. The summed E-state index contributed by atoms with van der Waals surface area (Å²) < 4.78 is 0. The summed E-state index contributed by atoms with van der Waals surface area (Å²) in [6, 6.07) is 10.3. The number of hydrogen-bond acceptors (Lipinski definition) is 3. The monoisotopic (exact) mass is 303 g/mol. The number of thiophene rings is 1. The Labute approximate surface area is 128 Å². The normalized spacial score (nSPS) is 14.3. The Kier molecular flexibility index (Phi) is 3.85. The molecule has 0 N–H and O–H groups in total. The van der Waals surface area contributed by atoms with Crippen molar-refractivity contribution in [1.29, 1.82) is 0 Å². The molecule has 0 atom stereocenters. The van der Waals surface area contributed by atoms with Gasteiger partial charge in [-0.25, -0.2) is 0 Å². The van der Waals surface area contributed by atoms with Crippen molar-refractivity contribution in [2.75, 3.05) is 0 Å². The van der Waals surface area contributed by atoms with Crippen molar-refractivity contribution in [1.82, 2.24) is 4.90 Å². The van der Waals surface area contributed by atoms with Gasteiger partial charge in [0.15, 0.2) is 0 Å². The number of thiol groups is 1. The zero-order valence-electron chi connectivity index (χ0n) is 11.4. The molecular weight excluding hydrogens is 286 g/mol. The molecule has 1 amide bonds. The topological polar surface area (TPSA) is 20.3 Å². The number of carbonyl (C=O) groups excluding carboxylic acids is 1. The Balaban J connectivity index is 1.87. The molecule has 2 aromatic rings. The first-order chi connectivity index (χ1) is 9.65. The van der Waals surface area contributed by atoms with Crippen LogP contribution in [0.1, 0.15) is 33.6 Å². The number of aryl methyl sites for hydroxylation is 1. The lowest BCUT2D eigenvalue weighted by Gasteiger charge is -2.23. The number of carbonyl (C=O) groups is 1. The lowest BCUT2D eigenvalue weighted by molar-refractivity contribution is 0.0730. The largest absolute Gasteiger partial charge is 0.331 e. The van der Waals surface area contributed by atoms with Gasteiger partial charge in [0.05, 0.1) is 6.54 Å². The third-order valence-electron chi connectivity index (χ3n) is 3.61. The van der Waals surface area contributed by atoms with Gasteiger partial charge >= 0.3 is 0 Å². The predicted octanol–water partition coefficient (Wildman–Crippen LogP) is 4.15. The van der Waals surface area contributed by atoms with Crippen LogP contribution < -0.4 is 0 Å². The Bertz CT molecular complexity index is 617. The van der Waals surface area contributed by atoms with Gasteiger partial charge in [-0.1, -0.05) is 12.1 Å². The van der Waals surface area contributed by atoms with Gasteiger partial charge in [0.1, 0.15) is 0 Å². The lowest BCUT2D eigenvalue weighted by Crippen LogP contribution is -2.32. The average molecular weight is 303 g/mol. The second-order valence-corrected chi connectivity index (χ2v) is 6.79. The Morgan fingerprint density at radius 1 is 1.40 bits per heavy atom. The molecule has 0 saturated heterocycles. The van der Waals surface area contributed by atoms with Crippen LogP contribution in [0.4, 0.5) is 0 Å². The Morgan fingerprint density at radius 2 is 2.20 bits per heavy atom. The fourth-order valence-electron chi connectivity index (χ4n) is 2.32. The van der Waals surface area contributed by atoms with Crippen LogP contribution in [0.3, 0.4) is 0 Å². The third kappa shape index (κ3) is 2.91. The van der Waals surface area contributed by atoms with Crippen molar-refractivity contribution in [3.8, 4) is 0 Å². The quantitative estimate of drug-likeness (QED) is 0.841. The van der Waals surface area contributed by atoms with E-state index in [0.29, 0.717) is 6.04 Å². The first-order valence-corrected chi connectivity index (χ1v) is 8.11. The minimum Gasteiger partial charge on any atom is -0.331 e. The molecule has 3 rings (SSSR count). The summed E-state index contributed by atoms with van der Waals surface area (Å²) in [7, 11) is 0. The van der Waals surface area contributed by atoms with E-state index in [1.165, 1.54) is 4.88 Å². The van der Waals surface area contributed by atoms with Crippen LogP contribution in [-0.4, -0.2) is 16.8 Å². The SMILES string of the molecule is Cc1ccc(S)cc1C(=O)N(Cc1cccs1)C1CC1. The van der Waals surface area contributed by atoms with Crippen molar-refractivity contribution in [2.45, 2.75) is 37.2 Å². The first-order valence-electron chi connectivity index (χ1n) is 6.78. The van der Waals surface area contributed by atoms with E-state index >= 15 is 0 Å². The molecule has 0 radical (unpaired) electrons. The number of amides is 1. The summed E-state index contributed by atoms with van der Waals surface area (Å²) in [5.41, 5.74) is 1.80. The van der Waals surface area contributed by atoms with Crippen molar-refractivity contribution in [3.63, 3.8) is 0 Å². The van der Waals surface area contributed by atoms with Crippen molar-refractivity contribution in [3.05, 3.63) is 51.7 Å². The molecule has 4 heteroatoms. The highest BCUT2D eigenvalue weighted by atomic mass is 32.1. The molecule has 1 fully saturated rings. The Morgan fingerprint density at radius 3 is 2.85 bits per heavy atom. The van der Waals surface area contributed by atoms with Gasteiger partial charge in [-0.05, 0) is 48.9 Å². The van der Waals surface area contributed by atoms with Crippen molar-refractivity contribution >= 4 is 29.9 Å². The molecule has 1 aliphatic carbocycles. The molecule has 2 nitrogen and oxygen atoms in total. The average Bonchev–Trinajstić information content (AvgIpc) is 3.15. The van der Waals surface area contributed by atoms with Gasteiger partial charge in [-0.3, -0.25) is 4.79 Å². The summed E-state index contributed by atoms with van der Waals surface area (Å²) in [4.78, 5) is 16.9. The van der Waals surface area contributed by atoms with Gasteiger partial charge in [-0.2, -0.15) is 0 Å². The summed E-state index contributed by atoms with van der Waals surface area (Å²) in [5.74, 6) is 0.134. The van der Waals surface area contributed by atoms with Crippen LogP contribution >= 0.6 is 24.0 Å². The summed E-state index contributed by atoms with van der Waals surface area (Å²) in [5, 5.41) is 2.06. The Hall–Kier alpha value is -1.26. The highest BCUT2D eigenvalue weighted by Crippen LogP contribution is 2.31. The van der Waals surface area contributed by atoms with E-state index in [1.54, 1.807) is 11.3 Å². The zero-order chi connectivity index (χ0) is 14.1. The molecule has 104 valence electrons. The minimum absolute atomic E-state index is 0.134. The van der Waals surface area contributed by atoms with Crippen molar-refractivity contribution in [2.24, 2.45) is 0 Å². The van der Waals surface area contributed by atoms with E-state index < -0.39 is 0 Å². The number of rotatable bonds is 4. The van der Waals surface area contributed by atoms with Gasteiger partial charge in [0.25, 0.3) is 5.91 Å². The van der Waals surface area contributed by atoms with E-state index in [9.17, 15) is 4.79 Å². The van der Waals surface area contributed by atoms with Crippen LogP contribution in [0.5, 0.6) is 0 Å². The van der Waals surface area contributed by atoms with E-state index in [-0.39, 0.29) is 5.91 Å². The molecule has 1 aromatic carbocycles. The molecule has 1 saturated carbocycles. The molecule has 0 spiro atoms. The maximum absolute atomic E-state index is 12.8. The smallest absolute Gasteiger partial charge is 0.254 e. The molecule has 0 bridgehead atoms. The molecular formula is C16H17NOS2. The first kappa shape index (κ1) is 13.7. The summed E-state index contributed by atoms with van der Waals surface area (Å²) in [6.45, 7) is 2.70. The second-order valence-electron chi connectivity index (χ2n) is 5.24. The molecule has 1 aromatic heterocycles. The zero-order valence-corrected chi connectivity index (χ0v) is 13.1. The molecule has 1 aliphatic rings. The highest BCUT2D eigenvalue weighted by Gasteiger charge is 2.33. The van der Waals surface area contributed by atoms with E-state index in [4.69, 9.17) is 0 Å². The minimum atomic E-state index is 0.134. The fraction of sp³-hybridized carbons (Fsp3) is 0.312. The highest BCUT2D eigenvalue weighted by molar-refractivity contribution is 7.80. The summed E-state index contributed by atoms with van der Waals surface area (Å²) in [6.07, 6.45) is 2.24. The van der Waals surface area contributed by atoms with Gasteiger partial charge in [0, 0.05) is 21.4 Å². The maximum Gasteiger partial charge on any atom is 0.254 e. The van der Waals surface area contributed by atoms with E-state index in [1.807, 2.05) is 36.1 Å². The van der Waals surface area contributed by atoms with E-state index in [2.05, 4.69) is 24.1 Å². The number of benzene rings is 1. The van der Waals surface area contributed by atoms with Crippen LogP contribution in [0.25, 0.3) is 0 Å². The summed E-state index contributed by atoms with van der Waals surface area (Å²) >= 11 is 6.06. The van der Waals surface area contributed by atoms with Gasteiger partial charge < -0.3 is 4.90 Å². The molecule has 0 unspecified atom stereocenters. The molecule has 0 aliphatic heterocycles.